The molecule has 0 bridgehead atoms. The van der Waals surface area contributed by atoms with Crippen LogP contribution in [0.4, 0.5) is 0 Å². The Morgan fingerprint density at radius 1 is 1.46 bits per heavy atom. The van der Waals surface area contributed by atoms with Gasteiger partial charge >= 0.3 is 0 Å². The second-order valence-corrected chi connectivity index (χ2v) is 3.39. The van der Waals surface area contributed by atoms with Gasteiger partial charge in [-0.2, -0.15) is 0 Å². The summed E-state index contributed by atoms with van der Waals surface area (Å²) >= 11 is 0. The van der Waals surface area contributed by atoms with E-state index in [2.05, 4.69) is 45.5 Å². The first-order chi connectivity index (χ1) is 6.19. The first-order valence-corrected chi connectivity index (χ1v) is 4.75. The minimum atomic E-state index is 1.09. The third kappa shape index (κ3) is 2.21. The molecule has 0 N–H and O–H groups in total. The van der Waals surface area contributed by atoms with Gasteiger partial charge in [0.25, 0.3) is 0 Å². The first kappa shape index (κ1) is 10.0. The Morgan fingerprint density at radius 2 is 2.15 bits per heavy atom. The van der Waals surface area contributed by atoms with Gasteiger partial charge in [-0.15, -0.1) is 6.58 Å². The molecule has 0 aliphatic rings. The molecule has 0 saturated carbocycles. The van der Waals surface area contributed by atoms with Gasteiger partial charge in [-0.05, 0) is 30.0 Å². The Hall–Kier alpha value is -1.04. The number of benzene rings is 1. The van der Waals surface area contributed by atoms with Crippen molar-refractivity contribution in [1.82, 2.24) is 0 Å². The summed E-state index contributed by atoms with van der Waals surface area (Å²) in [5.41, 5.74) is 4.05. The van der Waals surface area contributed by atoms with E-state index in [0.29, 0.717) is 0 Å². The zero-order chi connectivity index (χ0) is 9.84. The van der Waals surface area contributed by atoms with Crippen molar-refractivity contribution in [2.24, 2.45) is 0 Å². The van der Waals surface area contributed by atoms with E-state index in [1.54, 1.807) is 0 Å². The highest BCUT2D eigenvalue weighted by atomic mass is 14.1. The zero-order valence-electron chi connectivity index (χ0n) is 8.72. The molecular weight excluding hydrogens is 156 g/mol. The van der Waals surface area contributed by atoms with Crippen LogP contribution in [0.5, 0.6) is 0 Å². The van der Waals surface area contributed by atoms with Crippen molar-refractivity contribution in [3.63, 3.8) is 0 Å². The van der Waals surface area contributed by atoms with E-state index in [1.165, 1.54) is 22.6 Å². The van der Waals surface area contributed by atoms with Crippen LogP contribution in [0.1, 0.15) is 30.5 Å². The van der Waals surface area contributed by atoms with Gasteiger partial charge in [0.1, 0.15) is 0 Å². The van der Waals surface area contributed by atoms with Gasteiger partial charge in [0.15, 0.2) is 0 Å². The summed E-state index contributed by atoms with van der Waals surface area (Å²) in [6.07, 6.45) is 3.01. The second-order valence-electron chi connectivity index (χ2n) is 3.39. The fraction of sp³-hybridized carbons (Fsp3) is 0.308. The topological polar surface area (TPSA) is 0 Å². The summed E-state index contributed by atoms with van der Waals surface area (Å²) in [5, 5.41) is 0. The van der Waals surface area contributed by atoms with Crippen molar-refractivity contribution in [3.8, 4) is 0 Å². The van der Waals surface area contributed by atoms with Crippen LogP contribution in [0.15, 0.2) is 30.9 Å². The van der Waals surface area contributed by atoms with E-state index in [4.69, 9.17) is 0 Å². The molecule has 0 aliphatic carbocycles. The van der Waals surface area contributed by atoms with Gasteiger partial charge in [-0.25, -0.2) is 0 Å². The molecule has 0 fully saturated rings. The molecule has 69 valence electrons. The summed E-state index contributed by atoms with van der Waals surface area (Å²) in [5.74, 6) is 1.26. The summed E-state index contributed by atoms with van der Waals surface area (Å²) in [7, 11) is 0. The molecule has 0 heterocycles. The van der Waals surface area contributed by atoms with E-state index in [9.17, 15) is 0 Å². The first-order valence-electron chi connectivity index (χ1n) is 4.75. The van der Waals surface area contributed by atoms with Gasteiger partial charge < -0.3 is 0 Å². The Labute approximate surface area is 81.3 Å². The Morgan fingerprint density at radius 3 is 2.69 bits per heavy atom. The molecule has 1 rings (SSSR count). The third-order valence-corrected chi connectivity index (χ3v) is 2.44. The molecule has 1 radical (unpaired) electrons. The fourth-order valence-electron chi connectivity index (χ4n) is 1.42. The third-order valence-electron chi connectivity index (χ3n) is 2.44. The van der Waals surface area contributed by atoms with Gasteiger partial charge in [0.2, 0.25) is 0 Å². The Kier molecular flexibility index (Phi) is 3.30. The Bertz CT molecular complexity index is 297. The smallest absolute Gasteiger partial charge is 0.0233 e. The molecule has 0 aromatic heterocycles. The predicted octanol–water partition coefficient (Wildman–Crippen LogP) is 3.69. The number of rotatable bonds is 3. The van der Waals surface area contributed by atoms with Gasteiger partial charge in [0.05, 0.1) is 0 Å². The largest absolute Gasteiger partial charge is 0.102 e. The average Bonchev–Trinajstić information content (AvgIpc) is 2.17. The van der Waals surface area contributed by atoms with E-state index in [-0.39, 0.29) is 0 Å². The average molecular weight is 173 g/mol. The number of aryl methyl sites for hydroxylation is 2. The summed E-state index contributed by atoms with van der Waals surface area (Å²) in [6.45, 7) is 10.2. The van der Waals surface area contributed by atoms with Crippen molar-refractivity contribution in [2.45, 2.75) is 27.2 Å². The molecule has 0 nitrogen and oxygen atoms in total. The van der Waals surface area contributed by atoms with Crippen LogP contribution in [0, 0.1) is 12.8 Å². The number of allylic oxidation sites excluding steroid dienone is 1. The van der Waals surface area contributed by atoms with Crippen LogP contribution in [-0.4, -0.2) is 0 Å². The maximum atomic E-state index is 3.80. The summed E-state index contributed by atoms with van der Waals surface area (Å²) < 4.78 is 0. The Balaban J connectivity index is 3.10. The highest BCUT2D eigenvalue weighted by molar-refractivity contribution is 5.43. The molecule has 0 atom stereocenters. The monoisotopic (exact) mass is 173 g/mol. The van der Waals surface area contributed by atoms with Crippen LogP contribution in [0.25, 0.3) is 0 Å². The molecule has 0 heteroatoms. The van der Waals surface area contributed by atoms with Gasteiger partial charge in [0, 0.05) is 5.92 Å². The maximum Gasteiger partial charge on any atom is 0.0233 e. The molecule has 0 aliphatic heterocycles. The molecule has 13 heavy (non-hydrogen) atoms. The maximum absolute atomic E-state index is 3.80. The lowest BCUT2D eigenvalue weighted by molar-refractivity contribution is 1.11. The van der Waals surface area contributed by atoms with Crippen molar-refractivity contribution in [3.05, 3.63) is 53.5 Å². The van der Waals surface area contributed by atoms with Crippen LogP contribution in [0.3, 0.4) is 0 Å². The van der Waals surface area contributed by atoms with E-state index in [1.807, 2.05) is 6.08 Å². The fourth-order valence-corrected chi connectivity index (χ4v) is 1.42. The molecule has 0 spiro atoms. The van der Waals surface area contributed by atoms with Crippen LogP contribution >= 0.6 is 0 Å². The van der Waals surface area contributed by atoms with Gasteiger partial charge in [-0.1, -0.05) is 38.1 Å². The predicted molar refractivity (Wildman–Crippen MR) is 58.8 cm³/mol. The molecule has 0 amide bonds. The molecule has 0 unspecified atom stereocenters. The number of hydrogen-bond acceptors (Lipinski definition) is 0. The zero-order valence-corrected chi connectivity index (χ0v) is 8.72. The van der Waals surface area contributed by atoms with Crippen molar-refractivity contribution in [2.75, 3.05) is 0 Å². The van der Waals surface area contributed by atoms with Crippen molar-refractivity contribution in [1.29, 1.82) is 0 Å². The molecular formula is C13H17. The minimum absolute atomic E-state index is 1.09. The van der Waals surface area contributed by atoms with E-state index < -0.39 is 0 Å². The number of hydrogen-bond donors (Lipinski definition) is 0. The standard InChI is InChI=1S/C13H17/c1-5-10(3)13-9-12(6-2)8-7-11(13)4/h5,7-9H,1,6H2,2-4H3. The molecule has 0 saturated heterocycles. The SMILES string of the molecule is C=C[C](C)c1cc(CC)ccc1C. The molecule has 1 aromatic rings. The van der Waals surface area contributed by atoms with Crippen LogP contribution in [0.2, 0.25) is 0 Å². The summed E-state index contributed by atoms with van der Waals surface area (Å²) in [6, 6.07) is 6.63. The summed E-state index contributed by atoms with van der Waals surface area (Å²) in [4.78, 5) is 0. The lowest BCUT2D eigenvalue weighted by atomic mass is 9.94. The normalized spacial score (nSPS) is 10.5. The van der Waals surface area contributed by atoms with Gasteiger partial charge in [-0.3, -0.25) is 0 Å². The van der Waals surface area contributed by atoms with E-state index >= 15 is 0 Å². The lowest BCUT2D eigenvalue weighted by Crippen LogP contribution is -1.95. The second kappa shape index (κ2) is 4.27. The van der Waals surface area contributed by atoms with E-state index in [0.717, 1.165) is 6.42 Å². The van der Waals surface area contributed by atoms with Crippen molar-refractivity contribution >= 4 is 0 Å². The van der Waals surface area contributed by atoms with Crippen LogP contribution < -0.4 is 0 Å². The quantitative estimate of drug-likeness (QED) is 0.654. The minimum Gasteiger partial charge on any atom is -0.102 e. The highest BCUT2D eigenvalue weighted by Crippen LogP contribution is 2.21. The van der Waals surface area contributed by atoms with Crippen molar-refractivity contribution < 1.29 is 0 Å². The highest BCUT2D eigenvalue weighted by Gasteiger charge is 2.05. The molecule has 1 aromatic carbocycles. The van der Waals surface area contributed by atoms with Crippen LogP contribution in [-0.2, 0) is 6.42 Å². The lowest BCUT2D eigenvalue weighted by Gasteiger charge is -2.11.